The molecule has 1 aromatic heterocycles. The number of aromatic nitrogens is 3. The highest BCUT2D eigenvalue weighted by Crippen LogP contribution is 2.23. The van der Waals surface area contributed by atoms with E-state index < -0.39 is 0 Å². The molecule has 2 heterocycles. The van der Waals surface area contributed by atoms with E-state index in [1.54, 1.807) is 4.57 Å². The lowest BCUT2D eigenvalue weighted by atomic mass is 9.95. The summed E-state index contributed by atoms with van der Waals surface area (Å²) in [5, 5.41) is 11.9. The van der Waals surface area contributed by atoms with Crippen LogP contribution in [0, 0.1) is 10.7 Å². The van der Waals surface area contributed by atoms with Crippen LogP contribution in [-0.4, -0.2) is 51.1 Å². The molecule has 4 rings (SSSR count). The summed E-state index contributed by atoms with van der Waals surface area (Å²) in [5.41, 5.74) is 0.694. The number of benzene rings is 2. The van der Waals surface area contributed by atoms with Crippen LogP contribution in [0.2, 0.25) is 0 Å². The van der Waals surface area contributed by atoms with E-state index >= 15 is 0 Å². The predicted molar refractivity (Wildman–Crippen MR) is 118 cm³/mol. The summed E-state index contributed by atoms with van der Waals surface area (Å²) in [6.45, 7) is 1.61. The van der Waals surface area contributed by atoms with Gasteiger partial charge in [-0.25, -0.2) is 0 Å². The third-order valence-corrected chi connectivity index (χ3v) is 6.08. The molecule has 1 fully saturated rings. The predicted octanol–water partition coefficient (Wildman–Crippen LogP) is 2.84. The van der Waals surface area contributed by atoms with Crippen molar-refractivity contribution in [3.8, 4) is 0 Å². The fourth-order valence-electron chi connectivity index (χ4n) is 4.00. The van der Waals surface area contributed by atoms with Gasteiger partial charge in [-0.1, -0.05) is 36.4 Å². The van der Waals surface area contributed by atoms with Crippen molar-refractivity contribution in [1.29, 1.82) is 0 Å². The van der Waals surface area contributed by atoms with Crippen molar-refractivity contribution >= 4 is 34.8 Å². The van der Waals surface area contributed by atoms with E-state index in [4.69, 9.17) is 12.2 Å². The van der Waals surface area contributed by atoms with E-state index in [-0.39, 0.29) is 17.7 Å². The number of H-pyrrole nitrogens is 1. The van der Waals surface area contributed by atoms with Gasteiger partial charge in [0.25, 0.3) is 5.91 Å². The molecule has 30 heavy (non-hydrogen) atoms. The van der Waals surface area contributed by atoms with E-state index in [1.807, 2.05) is 54.4 Å². The number of piperidine rings is 1. The summed E-state index contributed by atoms with van der Waals surface area (Å²) in [4.78, 5) is 27.7. The monoisotopic (exact) mass is 423 g/mol. The van der Waals surface area contributed by atoms with Crippen LogP contribution in [-0.2, 0) is 18.3 Å². The van der Waals surface area contributed by atoms with Gasteiger partial charge in [-0.15, -0.1) is 0 Å². The molecule has 1 atom stereocenters. The van der Waals surface area contributed by atoms with Crippen LogP contribution in [0.1, 0.15) is 29.0 Å². The smallest absolute Gasteiger partial charge is 0.254 e. The largest absolute Gasteiger partial charge is 0.355 e. The molecule has 2 aromatic carbocycles. The molecule has 0 radical (unpaired) electrons. The maximum Gasteiger partial charge on any atom is 0.254 e. The van der Waals surface area contributed by atoms with Gasteiger partial charge < -0.3 is 14.8 Å². The number of carbonyl (C=O) groups is 2. The lowest BCUT2D eigenvalue weighted by Gasteiger charge is -2.32. The molecule has 0 bridgehead atoms. The van der Waals surface area contributed by atoms with Gasteiger partial charge in [-0.2, -0.15) is 5.10 Å². The van der Waals surface area contributed by atoms with Gasteiger partial charge in [-0.05, 0) is 41.9 Å². The van der Waals surface area contributed by atoms with Crippen LogP contribution in [0.25, 0.3) is 10.8 Å². The molecule has 0 spiro atoms. The standard InChI is InChI=1S/C22H25N5O2S/c1-26-19(24-25-22(26)30)11-12-23-20(28)16-8-5-13-27(14-16)21(29)18-10-4-7-15-6-2-3-9-17(15)18/h2-4,6-7,9-10,16H,5,8,11-14H2,1H3,(H,23,28)(H,25,30). The van der Waals surface area contributed by atoms with E-state index in [0.29, 0.717) is 36.4 Å². The van der Waals surface area contributed by atoms with Crippen molar-refractivity contribution in [2.75, 3.05) is 19.6 Å². The molecule has 1 aliphatic rings. The van der Waals surface area contributed by atoms with Crippen LogP contribution in [0.4, 0.5) is 0 Å². The van der Waals surface area contributed by atoms with Crippen LogP contribution >= 0.6 is 12.2 Å². The molecule has 2 amide bonds. The Kier molecular flexibility index (Phi) is 5.94. The molecule has 8 heteroatoms. The fraction of sp³-hybridized carbons (Fsp3) is 0.364. The van der Waals surface area contributed by atoms with E-state index in [1.165, 1.54) is 0 Å². The molecular weight excluding hydrogens is 398 g/mol. The number of nitrogens with one attached hydrogen (secondary N) is 2. The van der Waals surface area contributed by atoms with E-state index in [9.17, 15) is 9.59 Å². The highest BCUT2D eigenvalue weighted by atomic mass is 32.1. The first-order valence-electron chi connectivity index (χ1n) is 10.2. The van der Waals surface area contributed by atoms with Crippen molar-refractivity contribution in [3.05, 3.63) is 58.6 Å². The Balaban J connectivity index is 1.38. The zero-order valence-corrected chi connectivity index (χ0v) is 17.7. The zero-order valence-electron chi connectivity index (χ0n) is 16.9. The minimum absolute atomic E-state index is 0.00850. The first-order chi connectivity index (χ1) is 14.5. The van der Waals surface area contributed by atoms with Crippen molar-refractivity contribution < 1.29 is 9.59 Å². The molecular formula is C22H25N5O2S. The van der Waals surface area contributed by atoms with Gasteiger partial charge in [0.2, 0.25) is 5.91 Å². The molecule has 156 valence electrons. The Morgan fingerprint density at radius 1 is 1.23 bits per heavy atom. The summed E-state index contributed by atoms with van der Waals surface area (Å²) in [6, 6.07) is 13.7. The first kappa shape index (κ1) is 20.3. The molecule has 1 aliphatic heterocycles. The molecule has 1 unspecified atom stereocenters. The second kappa shape index (κ2) is 8.79. The zero-order chi connectivity index (χ0) is 21.1. The lowest BCUT2D eigenvalue weighted by molar-refractivity contribution is -0.126. The van der Waals surface area contributed by atoms with E-state index in [0.717, 1.165) is 29.4 Å². The second-order valence-corrected chi connectivity index (χ2v) is 8.05. The average Bonchev–Trinajstić information content (AvgIpc) is 3.10. The molecule has 0 aliphatic carbocycles. The summed E-state index contributed by atoms with van der Waals surface area (Å²) >= 11 is 5.11. The third-order valence-electron chi connectivity index (χ3n) is 5.72. The van der Waals surface area contributed by atoms with Gasteiger partial charge >= 0.3 is 0 Å². The third kappa shape index (κ3) is 4.14. The van der Waals surface area contributed by atoms with Crippen LogP contribution < -0.4 is 5.32 Å². The maximum absolute atomic E-state index is 13.2. The Bertz CT molecular complexity index is 1130. The van der Waals surface area contributed by atoms with Gasteiger partial charge in [0, 0.05) is 38.7 Å². The maximum atomic E-state index is 13.2. The molecule has 0 saturated carbocycles. The SMILES string of the molecule is Cn1c(CCNC(=O)C2CCCN(C(=O)c3cccc4ccccc34)C2)n[nH]c1=S. The minimum Gasteiger partial charge on any atom is -0.355 e. The normalized spacial score (nSPS) is 16.6. The highest BCUT2D eigenvalue weighted by Gasteiger charge is 2.29. The summed E-state index contributed by atoms with van der Waals surface area (Å²) in [7, 11) is 1.85. The number of likely N-dealkylation sites (tertiary alicyclic amines) is 1. The molecule has 1 saturated heterocycles. The Morgan fingerprint density at radius 2 is 2.03 bits per heavy atom. The van der Waals surface area contributed by atoms with Crippen LogP contribution in [0.15, 0.2) is 42.5 Å². The van der Waals surface area contributed by atoms with Crippen molar-refractivity contribution in [3.63, 3.8) is 0 Å². The number of amides is 2. The number of hydrogen-bond acceptors (Lipinski definition) is 4. The fourth-order valence-corrected chi connectivity index (χ4v) is 4.15. The summed E-state index contributed by atoms with van der Waals surface area (Å²) < 4.78 is 2.36. The van der Waals surface area contributed by atoms with Gasteiger partial charge in [0.05, 0.1) is 5.92 Å². The number of carbonyl (C=O) groups excluding carboxylic acids is 2. The average molecular weight is 424 g/mol. The van der Waals surface area contributed by atoms with Gasteiger partial charge in [0.1, 0.15) is 5.82 Å². The topological polar surface area (TPSA) is 83.0 Å². The van der Waals surface area contributed by atoms with Crippen LogP contribution in [0.5, 0.6) is 0 Å². The summed E-state index contributed by atoms with van der Waals surface area (Å²) in [6.07, 6.45) is 2.21. The Morgan fingerprint density at radius 3 is 2.83 bits per heavy atom. The van der Waals surface area contributed by atoms with Crippen molar-refractivity contribution in [2.24, 2.45) is 13.0 Å². The molecule has 2 N–H and O–H groups in total. The number of fused-ring (bicyclic) bond motifs is 1. The number of aromatic amines is 1. The summed E-state index contributed by atoms with van der Waals surface area (Å²) in [5.74, 6) is 0.588. The van der Waals surface area contributed by atoms with Gasteiger partial charge in [-0.3, -0.25) is 14.7 Å². The highest BCUT2D eigenvalue weighted by molar-refractivity contribution is 7.71. The molecule has 3 aromatic rings. The lowest BCUT2D eigenvalue weighted by Crippen LogP contribution is -2.45. The Hall–Kier alpha value is -3.00. The van der Waals surface area contributed by atoms with Crippen molar-refractivity contribution in [1.82, 2.24) is 25.0 Å². The number of nitrogens with zero attached hydrogens (tertiary/aromatic N) is 3. The number of hydrogen-bond donors (Lipinski definition) is 2. The first-order valence-corrected chi connectivity index (χ1v) is 10.6. The van der Waals surface area contributed by atoms with Crippen LogP contribution in [0.3, 0.4) is 0 Å². The Labute approximate surface area is 180 Å². The molecule has 7 nitrogen and oxygen atoms in total. The van der Waals surface area contributed by atoms with Crippen molar-refractivity contribution in [2.45, 2.75) is 19.3 Å². The van der Waals surface area contributed by atoms with E-state index in [2.05, 4.69) is 15.5 Å². The second-order valence-electron chi connectivity index (χ2n) is 7.66. The van der Waals surface area contributed by atoms with Gasteiger partial charge in [0.15, 0.2) is 4.77 Å². The quantitative estimate of drug-likeness (QED) is 0.618. The minimum atomic E-state index is -0.194. The number of rotatable bonds is 5.